The summed E-state index contributed by atoms with van der Waals surface area (Å²) in [6.07, 6.45) is 0. The highest BCUT2D eigenvalue weighted by atomic mass is 16.1. The van der Waals surface area contributed by atoms with E-state index >= 15 is 0 Å². The summed E-state index contributed by atoms with van der Waals surface area (Å²) >= 11 is 0. The molecular weight excluding hydrogens is 190 g/mol. The highest BCUT2D eigenvalue weighted by Gasteiger charge is 2.22. The first-order valence-electron chi connectivity index (χ1n) is 5.12. The van der Waals surface area contributed by atoms with E-state index in [1.54, 1.807) is 12.1 Å². The molecule has 1 aromatic rings. The number of nitrogens with two attached hydrogens (primary N) is 1. The quantitative estimate of drug-likeness (QED) is 0.470. The second kappa shape index (κ2) is 4.42. The normalized spacial score (nSPS) is 21.2. The highest BCUT2D eigenvalue weighted by Crippen LogP contribution is 2.13. The fourth-order valence-corrected chi connectivity index (χ4v) is 1.75. The van der Waals surface area contributed by atoms with Gasteiger partial charge >= 0.3 is 0 Å². The number of nitrogens with one attached hydrogen (secondary N) is 2. The number of piperazine rings is 1. The predicted octanol–water partition coefficient (Wildman–Crippen LogP) is 0.0129. The number of ketones is 1. The number of nitrogen functional groups attached to an aromatic ring is 1. The Balaban J connectivity index is 2.16. The minimum absolute atomic E-state index is 0.0697. The molecule has 0 bridgehead atoms. The number of benzene rings is 1. The summed E-state index contributed by atoms with van der Waals surface area (Å²) in [7, 11) is 0. The molecule has 1 fully saturated rings. The second-order valence-electron chi connectivity index (χ2n) is 3.66. The molecule has 1 unspecified atom stereocenters. The SMILES string of the molecule is Nc1ccccc1C(=O)C1CNCCN1. The number of Topliss-reactive ketones (excluding diaryl/α,β-unsaturated/α-hetero) is 1. The van der Waals surface area contributed by atoms with Crippen molar-refractivity contribution in [3.63, 3.8) is 0 Å². The van der Waals surface area contributed by atoms with Gasteiger partial charge in [0, 0.05) is 30.9 Å². The molecular formula is C11H15N3O. The molecule has 0 spiro atoms. The van der Waals surface area contributed by atoms with Crippen molar-refractivity contribution in [1.82, 2.24) is 10.6 Å². The Morgan fingerprint density at radius 2 is 2.13 bits per heavy atom. The molecule has 1 saturated heterocycles. The van der Waals surface area contributed by atoms with Gasteiger partial charge in [0.05, 0.1) is 6.04 Å². The molecule has 4 N–H and O–H groups in total. The van der Waals surface area contributed by atoms with Gasteiger partial charge in [-0.05, 0) is 12.1 Å². The van der Waals surface area contributed by atoms with Gasteiger partial charge in [-0.15, -0.1) is 0 Å². The summed E-state index contributed by atoms with van der Waals surface area (Å²) in [6.45, 7) is 2.41. The van der Waals surface area contributed by atoms with E-state index in [1.165, 1.54) is 0 Å². The van der Waals surface area contributed by atoms with E-state index in [1.807, 2.05) is 12.1 Å². The number of para-hydroxylation sites is 1. The molecule has 15 heavy (non-hydrogen) atoms. The van der Waals surface area contributed by atoms with Crippen LogP contribution in [0.15, 0.2) is 24.3 Å². The molecule has 0 amide bonds. The standard InChI is InChI=1S/C11H15N3O/c12-9-4-2-1-3-8(9)11(15)10-7-13-5-6-14-10/h1-4,10,13-14H,5-7,12H2. The van der Waals surface area contributed by atoms with Crippen molar-refractivity contribution in [1.29, 1.82) is 0 Å². The Labute approximate surface area is 88.9 Å². The van der Waals surface area contributed by atoms with Crippen LogP contribution in [0, 0.1) is 0 Å². The zero-order chi connectivity index (χ0) is 10.7. The smallest absolute Gasteiger partial charge is 0.183 e. The molecule has 2 rings (SSSR count). The van der Waals surface area contributed by atoms with Crippen LogP contribution in [0.25, 0.3) is 0 Å². The van der Waals surface area contributed by atoms with Gasteiger partial charge in [0.2, 0.25) is 0 Å². The molecule has 4 nitrogen and oxygen atoms in total. The summed E-state index contributed by atoms with van der Waals surface area (Å²) in [5, 5.41) is 6.36. The first-order chi connectivity index (χ1) is 7.29. The minimum atomic E-state index is -0.150. The second-order valence-corrected chi connectivity index (χ2v) is 3.66. The van der Waals surface area contributed by atoms with Crippen LogP contribution in [0.5, 0.6) is 0 Å². The Hall–Kier alpha value is -1.39. The van der Waals surface area contributed by atoms with E-state index in [9.17, 15) is 4.79 Å². The third kappa shape index (κ3) is 2.16. The van der Waals surface area contributed by atoms with Gasteiger partial charge in [-0.1, -0.05) is 12.1 Å². The number of anilines is 1. The lowest BCUT2D eigenvalue weighted by molar-refractivity contribution is 0.0935. The third-order valence-electron chi connectivity index (χ3n) is 2.58. The largest absolute Gasteiger partial charge is 0.398 e. The van der Waals surface area contributed by atoms with Crippen molar-refractivity contribution in [2.75, 3.05) is 25.4 Å². The van der Waals surface area contributed by atoms with Crippen molar-refractivity contribution in [3.8, 4) is 0 Å². The lowest BCUT2D eigenvalue weighted by Crippen LogP contribution is -2.52. The van der Waals surface area contributed by atoms with Crippen molar-refractivity contribution in [2.45, 2.75) is 6.04 Å². The third-order valence-corrected chi connectivity index (χ3v) is 2.58. The van der Waals surface area contributed by atoms with E-state index in [0.29, 0.717) is 17.8 Å². The van der Waals surface area contributed by atoms with E-state index in [4.69, 9.17) is 5.73 Å². The first-order valence-corrected chi connectivity index (χ1v) is 5.12. The molecule has 1 atom stereocenters. The van der Waals surface area contributed by atoms with Crippen molar-refractivity contribution < 1.29 is 4.79 Å². The maximum atomic E-state index is 12.0. The Kier molecular flexibility index (Phi) is 2.99. The monoisotopic (exact) mass is 205 g/mol. The summed E-state index contributed by atoms with van der Waals surface area (Å²) in [4.78, 5) is 12.0. The predicted molar refractivity (Wildman–Crippen MR) is 59.8 cm³/mol. The van der Waals surface area contributed by atoms with E-state index < -0.39 is 0 Å². The van der Waals surface area contributed by atoms with Gasteiger partial charge in [-0.2, -0.15) is 0 Å². The number of carbonyl (C=O) groups is 1. The van der Waals surface area contributed by atoms with Gasteiger partial charge in [0.1, 0.15) is 0 Å². The van der Waals surface area contributed by atoms with Gasteiger partial charge in [0.25, 0.3) is 0 Å². The van der Waals surface area contributed by atoms with Crippen LogP contribution in [0.4, 0.5) is 5.69 Å². The molecule has 1 aromatic carbocycles. The maximum absolute atomic E-state index is 12.0. The summed E-state index contributed by atoms with van der Waals surface area (Å²) in [6, 6.07) is 7.04. The Morgan fingerprint density at radius 3 is 2.80 bits per heavy atom. The van der Waals surface area contributed by atoms with Crippen LogP contribution in [0.3, 0.4) is 0 Å². The molecule has 0 saturated carbocycles. The summed E-state index contributed by atoms with van der Waals surface area (Å²) in [5.41, 5.74) is 6.92. The number of hydrogen-bond acceptors (Lipinski definition) is 4. The number of carbonyl (C=O) groups excluding carboxylic acids is 1. The number of rotatable bonds is 2. The summed E-state index contributed by atoms with van der Waals surface area (Å²) < 4.78 is 0. The molecule has 80 valence electrons. The van der Waals surface area contributed by atoms with E-state index in [2.05, 4.69) is 10.6 Å². The van der Waals surface area contributed by atoms with Crippen LogP contribution < -0.4 is 16.4 Å². The molecule has 0 radical (unpaired) electrons. The van der Waals surface area contributed by atoms with Crippen molar-refractivity contribution in [3.05, 3.63) is 29.8 Å². The zero-order valence-electron chi connectivity index (χ0n) is 8.49. The number of hydrogen-bond donors (Lipinski definition) is 3. The molecule has 4 heteroatoms. The van der Waals surface area contributed by atoms with E-state index in [-0.39, 0.29) is 11.8 Å². The van der Waals surface area contributed by atoms with Crippen molar-refractivity contribution >= 4 is 11.5 Å². The van der Waals surface area contributed by atoms with Gasteiger partial charge < -0.3 is 16.4 Å². The van der Waals surface area contributed by atoms with Gasteiger partial charge in [-0.25, -0.2) is 0 Å². The lowest BCUT2D eigenvalue weighted by atomic mass is 10.0. The van der Waals surface area contributed by atoms with Crippen molar-refractivity contribution in [2.24, 2.45) is 0 Å². The topological polar surface area (TPSA) is 67.2 Å². The van der Waals surface area contributed by atoms with Crippen LogP contribution in [-0.4, -0.2) is 31.5 Å². The average Bonchev–Trinajstić information content (AvgIpc) is 2.30. The molecule has 0 aromatic heterocycles. The molecule has 1 aliphatic heterocycles. The molecule has 1 heterocycles. The maximum Gasteiger partial charge on any atom is 0.183 e. The highest BCUT2D eigenvalue weighted by molar-refractivity contribution is 6.04. The zero-order valence-corrected chi connectivity index (χ0v) is 8.49. The van der Waals surface area contributed by atoms with Crippen LogP contribution in [0.1, 0.15) is 10.4 Å². The van der Waals surface area contributed by atoms with Crippen LogP contribution in [0.2, 0.25) is 0 Å². The van der Waals surface area contributed by atoms with E-state index in [0.717, 1.165) is 13.1 Å². The molecule has 1 aliphatic rings. The van der Waals surface area contributed by atoms with Crippen LogP contribution >= 0.6 is 0 Å². The Morgan fingerprint density at radius 1 is 1.33 bits per heavy atom. The fourth-order valence-electron chi connectivity index (χ4n) is 1.75. The summed E-state index contributed by atoms with van der Waals surface area (Å²) in [5.74, 6) is 0.0697. The fraction of sp³-hybridized carbons (Fsp3) is 0.364. The minimum Gasteiger partial charge on any atom is -0.398 e. The Bertz CT molecular complexity index is 359. The lowest BCUT2D eigenvalue weighted by Gasteiger charge is -2.23. The first kappa shape index (κ1) is 10.1. The van der Waals surface area contributed by atoms with Gasteiger partial charge in [-0.3, -0.25) is 4.79 Å². The average molecular weight is 205 g/mol. The van der Waals surface area contributed by atoms with Crippen LogP contribution in [-0.2, 0) is 0 Å². The molecule has 0 aliphatic carbocycles. The van der Waals surface area contributed by atoms with Gasteiger partial charge in [0.15, 0.2) is 5.78 Å².